The smallest absolute Gasteiger partial charge is 0.0431 e. The fourth-order valence-electron chi connectivity index (χ4n) is 2.36. The van der Waals surface area contributed by atoms with E-state index >= 15 is 0 Å². The van der Waals surface area contributed by atoms with E-state index < -0.39 is 0 Å². The molecule has 0 amide bonds. The molecule has 0 saturated heterocycles. The standard InChI is InChI=1S/C18H36O.H2O3/c1-2-3-4-5-6-7-8-9-10-11-12-13-14-15-16-17-18-19;1-3-2/h9-10,19H,2-8,11-18H2,1H3;1-2H/b10-9-;. The van der Waals surface area contributed by atoms with Crippen molar-refractivity contribution in [1.82, 2.24) is 0 Å². The molecule has 0 heterocycles. The van der Waals surface area contributed by atoms with E-state index in [-0.39, 0.29) is 0 Å². The summed E-state index contributed by atoms with van der Waals surface area (Å²) in [5, 5.41) is 24.2. The van der Waals surface area contributed by atoms with Gasteiger partial charge in [-0.2, -0.15) is 0 Å². The average molecular weight is 318 g/mol. The lowest BCUT2D eigenvalue weighted by Gasteiger charge is -1.99. The van der Waals surface area contributed by atoms with Crippen LogP contribution < -0.4 is 0 Å². The van der Waals surface area contributed by atoms with E-state index in [9.17, 15) is 0 Å². The first kappa shape index (κ1) is 23.8. The Balaban J connectivity index is 0. The lowest BCUT2D eigenvalue weighted by atomic mass is 10.1. The zero-order valence-electron chi connectivity index (χ0n) is 14.5. The zero-order valence-corrected chi connectivity index (χ0v) is 14.5. The summed E-state index contributed by atoms with van der Waals surface area (Å²) in [6.45, 7) is 2.64. The Morgan fingerprint density at radius 2 is 1.00 bits per heavy atom. The predicted molar refractivity (Wildman–Crippen MR) is 92.9 cm³/mol. The molecule has 0 saturated carbocycles. The monoisotopic (exact) mass is 318 g/mol. The Kier molecular flexibility index (Phi) is 27.7. The van der Waals surface area contributed by atoms with Crippen LogP contribution in [-0.4, -0.2) is 22.2 Å². The van der Waals surface area contributed by atoms with Crippen LogP contribution in [0.1, 0.15) is 96.8 Å². The maximum atomic E-state index is 8.66. The van der Waals surface area contributed by atoms with Crippen molar-refractivity contribution < 1.29 is 20.7 Å². The highest BCUT2D eigenvalue weighted by Gasteiger charge is 1.90. The van der Waals surface area contributed by atoms with E-state index in [1.165, 1.54) is 83.5 Å². The van der Waals surface area contributed by atoms with Crippen LogP contribution in [0.2, 0.25) is 0 Å². The maximum absolute atomic E-state index is 8.66. The van der Waals surface area contributed by atoms with Gasteiger partial charge in [-0.25, -0.2) is 10.5 Å². The van der Waals surface area contributed by atoms with Gasteiger partial charge >= 0.3 is 0 Å². The van der Waals surface area contributed by atoms with Gasteiger partial charge in [-0.05, 0) is 32.1 Å². The van der Waals surface area contributed by atoms with Gasteiger partial charge in [0.1, 0.15) is 0 Å². The molecule has 0 atom stereocenters. The van der Waals surface area contributed by atoms with Crippen LogP contribution in [0, 0.1) is 0 Å². The number of aliphatic hydroxyl groups is 1. The Labute approximate surface area is 137 Å². The fraction of sp³-hybridized carbons (Fsp3) is 0.889. The van der Waals surface area contributed by atoms with Gasteiger partial charge in [0.05, 0.1) is 0 Å². The highest BCUT2D eigenvalue weighted by Crippen LogP contribution is 2.09. The van der Waals surface area contributed by atoms with Gasteiger partial charge in [-0.15, -0.1) is 0 Å². The lowest BCUT2D eigenvalue weighted by molar-refractivity contribution is -0.465. The van der Waals surface area contributed by atoms with Crippen LogP contribution in [0.15, 0.2) is 12.2 Å². The molecular weight excluding hydrogens is 280 g/mol. The number of unbranched alkanes of at least 4 members (excludes halogenated alkanes) is 12. The van der Waals surface area contributed by atoms with Gasteiger partial charge in [0, 0.05) is 6.61 Å². The lowest BCUT2D eigenvalue weighted by Crippen LogP contribution is -1.83. The summed E-state index contributed by atoms with van der Waals surface area (Å²) < 4.78 is 0. The Bertz CT molecular complexity index is 196. The number of hydrogen-bond donors (Lipinski definition) is 3. The Morgan fingerprint density at radius 3 is 1.41 bits per heavy atom. The first-order valence-electron chi connectivity index (χ1n) is 9.04. The summed E-state index contributed by atoms with van der Waals surface area (Å²) in [5.74, 6) is 0. The van der Waals surface area contributed by atoms with Crippen LogP contribution >= 0.6 is 0 Å². The third-order valence-electron chi connectivity index (χ3n) is 3.67. The van der Waals surface area contributed by atoms with Crippen molar-refractivity contribution in [3.05, 3.63) is 12.2 Å². The molecule has 0 rings (SSSR count). The molecule has 0 fully saturated rings. The molecule has 0 aliphatic rings. The largest absolute Gasteiger partial charge is 0.396 e. The summed E-state index contributed by atoms with van der Waals surface area (Å²) >= 11 is 0. The molecule has 22 heavy (non-hydrogen) atoms. The predicted octanol–water partition coefficient (Wildman–Crippen LogP) is 5.97. The molecule has 0 radical (unpaired) electrons. The van der Waals surface area contributed by atoms with E-state index in [4.69, 9.17) is 15.6 Å². The minimum absolute atomic E-state index is 0.362. The molecular formula is C18H38O4. The summed E-state index contributed by atoms with van der Waals surface area (Å²) in [5.41, 5.74) is 0. The number of rotatable bonds is 15. The van der Waals surface area contributed by atoms with E-state index in [0.717, 1.165) is 6.42 Å². The molecule has 0 aromatic carbocycles. The van der Waals surface area contributed by atoms with Gasteiger partial charge < -0.3 is 5.11 Å². The molecule has 0 aromatic heterocycles. The third-order valence-corrected chi connectivity index (χ3v) is 3.67. The van der Waals surface area contributed by atoms with E-state index in [2.05, 4.69) is 24.1 Å². The van der Waals surface area contributed by atoms with Gasteiger partial charge in [0.2, 0.25) is 0 Å². The Morgan fingerprint density at radius 1 is 0.636 bits per heavy atom. The molecule has 0 spiro atoms. The highest BCUT2D eigenvalue weighted by molar-refractivity contribution is 4.81. The fourth-order valence-corrected chi connectivity index (χ4v) is 2.36. The molecule has 0 unspecified atom stereocenters. The SMILES string of the molecule is CCCCCCCC/C=C\CCCCCCCCO.OOO. The minimum atomic E-state index is 0.362. The molecule has 4 nitrogen and oxygen atoms in total. The maximum Gasteiger partial charge on any atom is 0.0431 e. The van der Waals surface area contributed by atoms with Crippen molar-refractivity contribution in [2.75, 3.05) is 6.61 Å². The molecule has 0 aromatic rings. The summed E-state index contributed by atoms with van der Waals surface area (Å²) in [7, 11) is 0. The van der Waals surface area contributed by atoms with Crippen molar-refractivity contribution in [2.45, 2.75) is 96.8 Å². The first-order chi connectivity index (χ1) is 10.8. The van der Waals surface area contributed by atoms with Crippen LogP contribution in [0.3, 0.4) is 0 Å². The third kappa shape index (κ3) is 27.8. The zero-order chi connectivity index (χ0) is 16.7. The van der Waals surface area contributed by atoms with Gasteiger partial charge in [0.25, 0.3) is 0 Å². The quantitative estimate of drug-likeness (QED) is 0.151. The number of aliphatic hydroxyl groups excluding tert-OH is 1. The molecule has 0 bridgehead atoms. The summed E-state index contributed by atoms with van der Waals surface area (Å²) in [6.07, 6.45) is 23.2. The molecule has 3 N–H and O–H groups in total. The Hall–Kier alpha value is -0.420. The highest BCUT2D eigenvalue weighted by atomic mass is 17.4. The van der Waals surface area contributed by atoms with E-state index in [0.29, 0.717) is 6.61 Å². The number of allylic oxidation sites excluding steroid dienone is 2. The topological polar surface area (TPSA) is 69.9 Å². The second kappa shape index (κ2) is 25.5. The van der Waals surface area contributed by atoms with Crippen molar-refractivity contribution in [2.24, 2.45) is 0 Å². The van der Waals surface area contributed by atoms with Crippen LogP contribution in [0.25, 0.3) is 0 Å². The minimum Gasteiger partial charge on any atom is -0.396 e. The van der Waals surface area contributed by atoms with Crippen LogP contribution in [-0.2, 0) is 5.04 Å². The normalized spacial score (nSPS) is 10.7. The first-order valence-corrected chi connectivity index (χ1v) is 9.04. The van der Waals surface area contributed by atoms with Crippen molar-refractivity contribution in [1.29, 1.82) is 0 Å². The molecule has 0 aliphatic heterocycles. The average Bonchev–Trinajstić information content (AvgIpc) is 2.52. The van der Waals surface area contributed by atoms with Gasteiger partial charge in [-0.1, -0.05) is 81.9 Å². The van der Waals surface area contributed by atoms with Gasteiger partial charge in [-0.3, -0.25) is 0 Å². The van der Waals surface area contributed by atoms with Crippen molar-refractivity contribution >= 4 is 0 Å². The molecule has 4 heteroatoms. The van der Waals surface area contributed by atoms with E-state index in [1.54, 1.807) is 0 Å². The summed E-state index contributed by atoms with van der Waals surface area (Å²) in [4.78, 5) is 0. The summed E-state index contributed by atoms with van der Waals surface area (Å²) in [6, 6.07) is 0. The van der Waals surface area contributed by atoms with Crippen molar-refractivity contribution in [3.63, 3.8) is 0 Å². The number of hydrogen-bond acceptors (Lipinski definition) is 4. The van der Waals surface area contributed by atoms with Crippen molar-refractivity contribution in [3.8, 4) is 0 Å². The molecule has 0 aliphatic carbocycles. The molecule has 134 valence electrons. The van der Waals surface area contributed by atoms with E-state index in [1.807, 2.05) is 0 Å². The van der Waals surface area contributed by atoms with Gasteiger partial charge in [0.15, 0.2) is 0 Å². The second-order valence-corrected chi connectivity index (χ2v) is 5.74. The second-order valence-electron chi connectivity index (χ2n) is 5.74. The van der Waals surface area contributed by atoms with Crippen LogP contribution in [0.4, 0.5) is 0 Å². The van der Waals surface area contributed by atoms with Crippen LogP contribution in [0.5, 0.6) is 0 Å².